The minimum atomic E-state index is -4.33. The van der Waals surface area contributed by atoms with Gasteiger partial charge in [0.05, 0.1) is 24.1 Å². The molecule has 0 radical (unpaired) electrons. The van der Waals surface area contributed by atoms with Crippen LogP contribution in [0.2, 0.25) is 0 Å². The van der Waals surface area contributed by atoms with Crippen molar-refractivity contribution in [1.82, 2.24) is 0 Å². The van der Waals surface area contributed by atoms with Crippen LogP contribution in [0.5, 0.6) is 5.75 Å². The maximum absolute atomic E-state index is 12.4. The van der Waals surface area contributed by atoms with Crippen molar-refractivity contribution in [2.24, 2.45) is 5.10 Å². The highest BCUT2D eigenvalue weighted by atomic mass is 19.4. The van der Waals surface area contributed by atoms with Crippen molar-refractivity contribution in [1.29, 1.82) is 0 Å². The quantitative estimate of drug-likeness (QED) is 0.603. The van der Waals surface area contributed by atoms with Crippen LogP contribution in [0.15, 0.2) is 53.6 Å². The van der Waals surface area contributed by atoms with Crippen LogP contribution >= 0.6 is 0 Å². The van der Waals surface area contributed by atoms with E-state index in [2.05, 4.69) is 10.5 Å². The van der Waals surface area contributed by atoms with Crippen molar-refractivity contribution in [3.63, 3.8) is 0 Å². The molecule has 0 saturated carbocycles. The first-order valence-corrected chi connectivity index (χ1v) is 7.18. The van der Waals surface area contributed by atoms with Gasteiger partial charge in [0.25, 0.3) is 0 Å². The van der Waals surface area contributed by atoms with Crippen LogP contribution in [0.3, 0.4) is 0 Å². The van der Waals surface area contributed by atoms with Crippen LogP contribution in [0.1, 0.15) is 24.5 Å². The van der Waals surface area contributed by atoms with Gasteiger partial charge in [-0.15, -0.1) is 0 Å². The number of alkyl halides is 3. The van der Waals surface area contributed by atoms with E-state index in [0.717, 1.165) is 29.9 Å². The highest BCUT2D eigenvalue weighted by Gasteiger charge is 2.29. The molecule has 0 atom stereocenters. The molecule has 2 aromatic carbocycles. The molecule has 0 aliphatic carbocycles. The van der Waals surface area contributed by atoms with Gasteiger partial charge < -0.3 is 4.74 Å². The molecule has 0 aromatic heterocycles. The van der Waals surface area contributed by atoms with E-state index in [1.807, 2.05) is 31.2 Å². The molecule has 1 N–H and O–H groups in total. The summed E-state index contributed by atoms with van der Waals surface area (Å²) in [5.74, 6) is 0.791. The van der Waals surface area contributed by atoms with Crippen LogP contribution < -0.4 is 10.2 Å². The number of rotatable bonds is 6. The number of anilines is 1. The van der Waals surface area contributed by atoms with Crippen molar-refractivity contribution >= 4 is 11.9 Å². The van der Waals surface area contributed by atoms with Gasteiger partial charge >= 0.3 is 6.18 Å². The summed E-state index contributed by atoms with van der Waals surface area (Å²) < 4.78 is 42.8. The Morgan fingerprint density at radius 3 is 2.26 bits per heavy atom. The van der Waals surface area contributed by atoms with E-state index < -0.39 is 11.7 Å². The summed E-state index contributed by atoms with van der Waals surface area (Å²) in [6, 6.07) is 12.1. The van der Waals surface area contributed by atoms with E-state index in [0.29, 0.717) is 12.3 Å². The van der Waals surface area contributed by atoms with Crippen LogP contribution in [0, 0.1) is 0 Å². The van der Waals surface area contributed by atoms with Crippen LogP contribution in [-0.4, -0.2) is 12.8 Å². The number of ether oxygens (including phenoxy) is 1. The fourth-order valence-corrected chi connectivity index (χ4v) is 1.79. The molecule has 2 rings (SSSR count). The zero-order valence-electron chi connectivity index (χ0n) is 12.6. The number of hydrazone groups is 1. The van der Waals surface area contributed by atoms with Gasteiger partial charge in [-0.1, -0.05) is 6.92 Å². The summed E-state index contributed by atoms with van der Waals surface area (Å²) in [6.07, 6.45) is -1.80. The molecule has 0 aliphatic heterocycles. The first-order chi connectivity index (χ1) is 11.0. The van der Waals surface area contributed by atoms with E-state index in [9.17, 15) is 13.2 Å². The third-order valence-electron chi connectivity index (χ3n) is 2.97. The second-order valence-corrected chi connectivity index (χ2v) is 4.86. The van der Waals surface area contributed by atoms with Crippen LogP contribution in [0.25, 0.3) is 0 Å². The summed E-state index contributed by atoms with van der Waals surface area (Å²) in [5, 5.41) is 4.00. The Kier molecular flexibility index (Phi) is 5.62. The highest BCUT2D eigenvalue weighted by molar-refractivity contribution is 5.80. The molecular weight excluding hydrogens is 305 g/mol. The maximum atomic E-state index is 12.4. The van der Waals surface area contributed by atoms with Crippen molar-refractivity contribution < 1.29 is 17.9 Å². The predicted molar refractivity (Wildman–Crippen MR) is 84.9 cm³/mol. The molecule has 23 heavy (non-hydrogen) atoms. The normalized spacial score (nSPS) is 11.7. The van der Waals surface area contributed by atoms with Gasteiger partial charge in [0.15, 0.2) is 0 Å². The number of benzene rings is 2. The molecule has 0 fully saturated rings. The second kappa shape index (κ2) is 7.67. The molecule has 0 unspecified atom stereocenters. The van der Waals surface area contributed by atoms with Crippen molar-refractivity contribution in [2.45, 2.75) is 19.5 Å². The monoisotopic (exact) mass is 322 g/mol. The Hall–Kier alpha value is -2.50. The third-order valence-corrected chi connectivity index (χ3v) is 2.97. The molecule has 122 valence electrons. The number of hydrogen-bond acceptors (Lipinski definition) is 3. The first-order valence-electron chi connectivity index (χ1n) is 7.18. The topological polar surface area (TPSA) is 33.6 Å². The molecule has 0 amide bonds. The summed E-state index contributed by atoms with van der Waals surface area (Å²) in [4.78, 5) is 0. The predicted octanol–water partition coefficient (Wildman–Crippen LogP) is 4.94. The molecular formula is C17H17F3N2O. The Bertz CT molecular complexity index is 634. The van der Waals surface area contributed by atoms with E-state index in [1.165, 1.54) is 12.1 Å². The first kappa shape index (κ1) is 16.9. The van der Waals surface area contributed by atoms with Crippen LogP contribution in [-0.2, 0) is 6.18 Å². The summed E-state index contributed by atoms with van der Waals surface area (Å²) in [6.45, 7) is 2.71. The van der Waals surface area contributed by atoms with Crippen molar-refractivity contribution in [3.8, 4) is 5.75 Å². The van der Waals surface area contributed by atoms with Gasteiger partial charge in [0.1, 0.15) is 5.75 Å². The van der Waals surface area contributed by atoms with Gasteiger partial charge in [0.2, 0.25) is 0 Å². The van der Waals surface area contributed by atoms with Crippen molar-refractivity contribution in [2.75, 3.05) is 12.0 Å². The lowest BCUT2D eigenvalue weighted by molar-refractivity contribution is -0.137. The summed E-state index contributed by atoms with van der Waals surface area (Å²) in [7, 11) is 0. The fraction of sp³-hybridized carbons (Fsp3) is 0.235. The SMILES string of the molecule is CCCOc1ccc(C=NNc2ccc(C(F)(F)F)cc2)cc1. The van der Waals surface area contributed by atoms with Gasteiger partial charge in [-0.25, -0.2) is 0 Å². The van der Waals surface area contributed by atoms with Gasteiger partial charge in [0, 0.05) is 0 Å². The molecule has 0 spiro atoms. The molecule has 0 aliphatic rings. The average Bonchev–Trinajstić information content (AvgIpc) is 2.54. The van der Waals surface area contributed by atoms with Crippen LogP contribution in [0.4, 0.5) is 18.9 Å². The maximum Gasteiger partial charge on any atom is 0.416 e. The second-order valence-electron chi connectivity index (χ2n) is 4.86. The minimum Gasteiger partial charge on any atom is -0.494 e. The van der Waals surface area contributed by atoms with E-state index >= 15 is 0 Å². The molecule has 0 heterocycles. The Labute approximate surface area is 132 Å². The highest BCUT2D eigenvalue weighted by Crippen LogP contribution is 2.29. The molecule has 3 nitrogen and oxygen atoms in total. The van der Waals surface area contributed by atoms with E-state index in [4.69, 9.17) is 4.74 Å². The molecule has 6 heteroatoms. The Balaban J connectivity index is 1.91. The molecule has 0 saturated heterocycles. The van der Waals surface area contributed by atoms with Gasteiger partial charge in [-0.05, 0) is 60.5 Å². The Morgan fingerprint density at radius 1 is 1.04 bits per heavy atom. The van der Waals surface area contributed by atoms with E-state index in [-0.39, 0.29) is 0 Å². The summed E-state index contributed by atoms with van der Waals surface area (Å²) >= 11 is 0. The third kappa shape index (κ3) is 5.32. The number of nitrogens with zero attached hydrogens (tertiary/aromatic N) is 1. The zero-order chi connectivity index (χ0) is 16.7. The fourth-order valence-electron chi connectivity index (χ4n) is 1.79. The minimum absolute atomic E-state index is 0.483. The molecule has 2 aromatic rings. The van der Waals surface area contributed by atoms with Gasteiger partial charge in [-0.2, -0.15) is 18.3 Å². The number of hydrogen-bond donors (Lipinski definition) is 1. The zero-order valence-corrected chi connectivity index (χ0v) is 12.6. The van der Waals surface area contributed by atoms with Gasteiger partial charge in [-0.3, -0.25) is 5.43 Å². The largest absolute Gasteiger partial charge is 0.494 e. The smallest absolute Gasteiger partial charge is 0.416 e. The Morgan fingerprint density at radius 2 is 1.70 bits per heavy atom. The number of nitrogens with one attached hydrogen (secondary N) is 1. The number of halogens is 3. The standard InChI is InChI=1S/C17H17F3N2O/c1-2-11-23-16-9-3-13(4-10-16)12-21-22-15-7-5-14(6-8-15)17(18,19)20/h3-10,12,22H,2,11H2,1H3. The average molecular weight is 322 g/mol. The van der Waals surface area contributed by atoms with E-state index in [1.54, 1.807) is 6.21 Å². The lowest BCUT2D eigenvalue weighted by Gasteiger charge is -2.07. The summed E-state index contributed by atoms with van der Waals surface area (Å²) in [5.41, 5.74) is 3.34. The van der Waals surface area contributed by atoms with Crippen molar-refractivity contribution in [3.05, 3.63) is 59.7 Å². The lowest BCUT2D eigenvalue weighted by Crippen LogP contribution is -2.04. The lowest BCUT2D eigenvalue weighted by atomic mass is 10.2. The molecule has 0 bridgehead atoms.